The van der Waals surface area contributed by atoms with Crippen LogP contribution < -0.4 is 5.32 Å². The average molecular weight is 393 g/mol. The summed E-state index contributed by atoms with van der Waals surface area (Å²) in [6.07, 6.45) is 4.40. The molecule has 0 aliphatic carbocycles. The van der Waals surface area contributed by atoms with E-state index in [1.165, 1.54) is 11.3 Å². The lowest BCUT2D eigenvalue weighted by atomic mass is 9.80. The van der Waals surface area contributed by atoms with E-state index in [0.29, 0.717) is 5.41 Å². The number of rotatable bonds is 5. The number of thiophene rings is 1. The predicted octanol–water partition coefficient (Wildman–Crippen LogP) is 2.74. The highest BCUT2D eigenvalue weighted by Crippen LogP contribution is 2.39. The number of carbonyl (C=O) groups is 1. The molecule has 150 valence electrons. The molecule has 1 aromatic heterocycles. The molecule has 1 amide bonds. The maximum Gasteiger partial charge on any atom is 0.243 e. The number of amides is 1. The summed E-state index contributed by atoms with van der Waals surface area (Å²) in [4.78, 5) is 22.1. The second-order valence-corrected chi connectivity index (χ2v) is 8.81. The summed E-state index contributed by atoms with van der Waals surface area (Å²) < 4.78 is 5.57. The second kappa shape index (κ2) is 9.06. The van der Waals surface area contributed by atoms with Crippen LogP contribution in [0, 0.1) is 5.41 Å². The third-order valence-corrected chi connectivity index (χ3v) is 6.74. The van der Waals surface area contributed by atoms with Gasteiger partial charge in [0.2, 0.25) is 5.91 Å². The highest BCUT2D eigenvalue weighted by Gasteiger charge is 2.40. The molecule has 2 aliphatic heterocycles. The van der Waals surface area contributed by atoms with Crippen LogP contribution in [0.15, 0.2) is 22.5 Å². The van der Waals surface area contributed by atoms with Crippen molar-refractivity contribution in [2.75, 3.05) is 46.9 Å². The second-order valence-electron chi connectivity index (χ2n) is 7.83. The van der Waals surface area contributed by atoms with E-state index in [0.717, 1.165) is 51.5 Å². The van der Waals surface area contributed by atoms with Gasteiger partial charge in [0.05, 0.1) is 6.04 Å². The van der Waals surface area contributed by atoms with E-state index in [9.17, 15) is 4.79 Å². The Morgan fingerprint density at radius 2 is 2.19 bits per heavy atom. The first-order valence-electron chi connectivity index (χ1n) is 9.90. The normalized spacial score (nSPS) is 20.7. The van der Waals surface area contributed by atoms with Gasteiger partial charge in [-0.15, -0.1) is 11.3 Å². The topological polar surface area (TPSA) is 57.2 Å². The summed E-state index contributed by atoms with van der Waals surface area (Å²) in [5.41, 5.74) is 0.344. The van der Waals surface area contributed by atoms with Crippen LogP contribution in [0.3, 0.4) is 0 Å². The van der Waals surface area contributed by atoms with E-state index >= 15 is 0 Å². The largest absolute Gasteiger partial charge is 0.381 e. The van der Waals surface area contributed by atoms with E-state index in [4.69, 9.17) is 9.73 Å². The maximum atomic E-state index is 12.1. The van der Waals surface area contributed by atoms with Gasteiger partial charge in [-0.2, -0.15) is 0 Å². The number of ether oxygens (including phenoxy) is 1. The third-order valence-electron chi connectivity index (χ3n) is 5.75. The molecule has 1 aromatic rings. The molecule has 0 bridgehead atoms. The highest BCUT2D eigenvalue weighted by molar-refractivity contribution is 7.10. The number of hydrogen-bond donors (Lipinski definition) is 1. The zero-order chi connectivity index (χ0) is 19.3. The Bertz CT molecular complexity index is 638. The highest BCUT2D eigenvalue weighted by atomic mass is 32.1. The minimum atomic E-state index is 0.0263. The zero-order valence-electron chi connectivity index (χ0n) is 16.7. The van der Waals surface area contributed by atoms with Crippen molar-refractivity contribution in [3.8, 4) is 0 Å². The number of nitrogens with zero attached hydrogens (tertiary/aromatic N) is 3. The Labute approximate surface area is 166 Å². The van der Waals surface area contributed by atoms with E-state index in [-0.39, 0.29) is 18.5 Å². The average Bonchev–Trinajstić information content (AvgIpc) is 3.33. The molecule has 0 saturated carbocycles. The lowest BCUT2D eigenvalue weighted by Gasteiger charge is -2.34. The van der Waals surface area contributed by atoms with Crippen LogP contribution in [0.5, 0.6) is 0 Å². The molecule has 3 heterocycles. The van der Waals surface area contributed by atoms with Gasteiger partial charge in [0.25, 0.3) is 0 Å². The number of nitrogens with one attached hydrogen (secondary N) is 1. The number of carbonyl (C=O) groups excluding carboxylic acids is 1. The molecule has 1 atom stereocenters. The molecule has 0 aromatic carbocycles. The Balaban J connectivity index is 1.75. The summed E-state index contributed by atoms with van der Waals surface area (Å²) in [6, 6.07) is 4.48. The molecule has 1 spiro atoms. The number of hydrogen-bond acceptors (Lipinski definition) is 4. The molecular formula is C20H32N4O2S. The lowest BCUT2D eigenvalue weighted by molar-refractivity contribution is -0.127. The molecule has 2 fully saturated rings. The molecule has 7 heteroatoms. The molecule has 1 unspecified atom stereocenters. The van der Waals surface area contributed by atoms with E-state index in [1.54, 1.807) is 30.3 Å². The van der Waals surface area contributed by atoms with Crippen LogP contribution >= 0.6 is 11.3 Å². The van der Waals surface area contributed by atoms with Crippen molar-refractivity contribution in [2.45, 2.75) is 38.6 Å². The summed E-state index contributed by atoms with van der Waals surface area (Å²) in [7, 11) is 3.55. The fourth-order valence-corrected chi connectivity index (χ4v) is 4.73. The predicted molar refractivity (Wildman–Crippen MR) is 110 cm³/mol. The van der Waals surface area contributed by atoms with Gasteiger partial charge in [0.1, 0.15) is 6.54 Å². The van der Waals surface area contributed by atoms with Crippen LogP contribution in [0.4, 0.5) is 0 Å². The van der Waals surface area contributed by atoms with E-state index in [2.05, 4.69) is 34.7 Å². The third kappa shape index (κ3) is 5.02. The molecule has 27 heavy (non-hydrogen) atoms. The number of likely N-dealkylation sites (N-methyl/N-ethyl adjacent to an activating group) is 1. The summed E-state index contributed by atoms with van der Waals surface area (Å²) in [6.45, 7) is 6.08. The number of guanidine groups is 1. The van der Waals surface area contributed by atoms with Crippen molar-refractivity contribution in [3.63, 3.8) is 0 Å². The number of likely N-dealkylation sites (tertiary alicyclic amines) is 1. The van der Waals surface area contributed by atoms with Gasteiger partial charge in [0, 0.05) is 45.3 Å². The van der Waals surface area contributed by atoms with E-state index < -0.39 is 0 Å². The van der Waals surface area contributed by atoms with Gasteiger partial charge in [-0.1, -0.05) is 13.0 Å². The fraction of sp³-hybridized carbons (Fsp3) is 0.700. The van der Waals surface area contributed by atoms with E-state index in [1.807, 2.05) is 0 Å². The van der Waals surface area contributed by atoms with Gasteiger partial charge < -0.3 is 19.9 Å². The van der Waals surface area contributed by atoms with Gasteiger partial charge >= 0.3 is 0 Å². The van der Waals surface area contributed by atoms with Crippen molar-refractivity contribution in [3.05, 3.63) is 22.4 Å². The molecule has 6 nitrogen and oxygen atoms in total. The summed E-state index contributed by atoms with van der Waals surface area (Å²) >= 11 is 1.76. The summed E-state index contributed by atoms with van der Waals surface area (Å²) in [5, 5.41) is 5.76. The van der Waals surface area contributed by atoms with Gasteiger partial charge in [-0.05, 0) is 42.5 Å². The number of aliphatic imine (C=N–C) groups is 1. The Kier molecular flexibility index (Phi) is 6.76. The SMILES string of the molecule is CCC(NC(=NCC(=O)N(C)C)N1CCC2(CCOCC2)C1)c1cccs1. The van der Waals surface area contributed by atoms with Crippen LogP contribution in [0.25, 0.3) is 0 Å². The minimum Gasteiger partial charge on any atom is -0.381 e. The molecule has 0 radical (unpaired) electrons. The van der Waals surface area contributed by atoms with Crippen molar-refractivity contribution in [1.82, 2.24) is 15.1 Å². The molecular weight excluding hydrogens is 360 g/mol. The molecule has 2 aliphatic rings. The quantitative estimate of drug-likeness (QED) is 0.618. The Morgan fingerprint density at radius 1 is 1.41 bits per heavy atom. The van der Waals surface area contributed by atoms with Crippen molar-refractivity contribution >= 4 is 23.2 Å². The Morgan fingerprint density at radius 3 is 2.81 bits per heavy atom. The van der Waals surface area contributed by atoms with Crippen molar-refractivity contribution in [1.29, 1.82) is 0 Å². The first-order chi connectivity index (χ1) is 13.0. The molecule has 2 saturated heterocycles. The van der Waals surface area contributed by atoms with Crippen molar-refractivity contribution < 1.29 is 9.53 Å². The summed E-state index contributed by atoms with van der Waals surface area (Å²) in [5.74, 6) is 0.896. The van der Waals surface area contributed by atoms with Crippen LogP contribution in [-0.2, 0) is 9.53 Å². The monoisotopic (exact) mass is 392 g/mol. The maximum absolute atomic E-state index is 12.1. The van der Waals surface area contributed by atoms with Crippen LogP contribution in [0.1, 0.15) is 43.5 Å². The molecule has 3 rings (SSSR count). The van der Waals surface area contributed by atoms with Crippen LogP contribution in [-0.4, -0.2) is 68.6 Å². The zero-order valence-corrected chi connectivity index (χ0v) is 17.6. The minimum absolute atomic E-state index is 0.0263. The fourth-order valence-electron chi connectivity index (χ4n) is 3.87. The Hall–Kier alpha value is -1.60. The smallest absolute Gasteiger partial charge is 0.243 e. The molecule has 1 N–H and O–H groups in total. The first-order valence-corrected chi connectivity index (χ1v) is 10.8. The van der Waals surface area contributed by atoms with Gasteiger partial charge in [-0.25, -0.2) is 4.99 Å². The standard InChI is InChI=1S/C20H32N4O2S/c1-4-16(17-6-5-13-27-17)22-19(21-14-18(25)23(2)3)24-10-7-20(15-24)8-11-26-12-9-20/h5-6,13,16H,4,7-12,14-15H2,1-3H3,(H,21,22). The lowest BCUT2D eigenvalue weighted by Crippen LogP contribution is -2.44. The first kappa shape index (κ1) is 20.1. The van der Waals surface area contributed by atoms with Crippen LogP contribution in [0.2, 0.25) is 0 Å². The van der Waals surface area contributed by atoms with Gasteiger partial charge in [-0.3, -0.25) is 4.79 Å². The van der Waals surface area contributed by atoms with Crippen molar-refractivity contribution in [2.24, 2.45) is 10.4 Å². The van der Waals surface area contributed by atoms with Gasteiger partial charge in [0.15, 0.2) is 5.96 Å².